The van der Waals surface area contributed by atoms with Gasteiger partial charge in [0.1, 0.15) is 5.82 Å². The van der Waals surface area contributed by atoms with Crippen LogP contribution >= 0.6 is 15.9 Å². The Morgan fingerprint density at radius 1 is 1.41 bits per heavy atom. The maximum Gasteiger partial charge on any atom is 0.124 e. The summed E-state index contributed by atoms with van der Waals surface area (Å²) in [6.07, 6.45) is 3.29. The van der Waals surface area contributed by atoms with Crippen LogP contribution in [0.1, 0.15) is 32.3 Å². The lowest BCUT2D eigenvalue weighted by molar-refractivity contribution is 0.282. The van der Waals surface area contributed by atoms with Gasteiger partial charge < -0.3 is 5.32 Å². The van der Waals surface area contributed by atoms with Crippen molar-refractivity contribution in [3.8, 4) is 0 Å². The van der Waals surface area contributed by atoms with Crippen molar-refractivity contribution < 1.29 is 4.39 Å². The second-order valence-electron chi connectivity index (χ2n) is 5.00. The van der Waals surface area contributed by atoms with E-state index in [0.29, 0.717) is 0 Å². The van der Waals surface area contributed by atoms with E-state index in [1.54, 1.807) is 6.07 Å². The Kier molecular flexibility index (Phi) is 5.60. The van der Waals surface area contributed by atoms with Crippen molar-refractivity contribution in [3.05, 3.63) is 34.1 Å². The zero-order valence-corrected chi connectivity index (χ0v) is 12.4. The predicted octanol–water partition coefficient (Wildman–Crippen LogP) is 4.16. The third-order valence-corrected chi connectivity index (χ3v) is 3.83. The van der Waals surface area contributed by atoms with Crippen molar-refractivity contribution in [2.45, 2.75) is 33.1 Å². The summed E-state index contributed by atoms with van der Waals surface area (Å²) in [6, 6.07) is 4.95. The fourth-order valence-corrected chi connectivity index (χ4v) is 2.89. The highest BCUT2D eigenvalue weighted by atomic mass is 79.9. The molecule has 1 atom stereocenters. The van der Waals surface area contributed by atoms with Crippen molar-refractivity contribution in [1.29, 1.82) is 0 Å². The van der Waals surface area contributed by atoms with Crippen LogP contribution in [-0.2, 0) is 6.42 Å². The summed E-state index contributed by atoms with van der Waals surface area (Å²) in [4.78, 5) is 0. The largest absolute Gasteiger partial charge is 0.319 e. The summed E-state index contributed by atoms with van der Waals surface area (Å²) in [5.41, 5.74) is 1.40. The van der Waals surface area contributed by atoms with E-state index in [9.17, 15) is 4.39 Å². The molecule has 0 bridgehead atoms. The molecule has 1 unspecified atom stereocenters. The topological polar surface area (TPSA) is 12.0 Å². The molecule has 0 fully saturated rings. The van der Waals surface area contributed by atoms with Gasteiger partial charge in [0.2, 0.25) is 0 Å². The Labute approximate surface area is 112 Å². The normalized spacial score (nSPS) is 14.6. The molecule has 1 aromatic rings. The quantitative estimate of drug-likeness (QED) is 0.832. The molecule has 0 heterocycles. The van der Waals surface area contributed by atoms with Gasteiger partial charge in [0, 0.05) is 11.0 Å². The molecule has 0 amide bonds. The third kappa shape index (κ3) is 4.40. The second kappa shape index (κ2) is 6.50. The molecule has 1 N–H and O–H groups in total. The first-order valence-corrected chi connectivity index (χ1v) is 6.88. The van der Waals surface area contributed by atoms with Crippen molar-refractivity contribution in [2.24, 2.45) is 5.41 Å². The number of nitrogens with one attached hydrogen (secondary N) is 1. The van der Waals surface area contributed by atoms with E-state index in [2.05, 4.69) is 35.1 Å². The molecule has 96 valence electrons. The van der Waals surface area contributed by atoms with Crippen LogP contribution in [-0.4, -0.2) is 13.6 Å². The van der Waals surface area contributed by atoms with Crippen LogP contribution in [0.5, 0.6) is 0 Å². The standard InChI is InChI=1S/C14H21BrFN/c1-4-7-14(2,10-17-3)9-11-5-6-12(16)8-13(11)15/h5-6,8,17H,4,7,9-10H2,1-3H3. The molecule has 1 rings (SSSR count). The lowest BCUT2D eigenvalue weighted by atomic mass is 9.79. The number of halogens is 2. The van der Waals surface area contributed by atoms with Gasteiger partial charge in [0.05, 0.1) is 0 Å². The van der Waals surface area contributed by atoms with Gasteiger partial charge in [-0.15, -0.1) is 0 Å². The highest BCUT2D eigenvalue weighted by Gasteiger charge is 2.23. The number of rotatable bonds is 6. The van der Waals surface area contributed by atoms with Crippen LogP contribution in [0, 0.1) is 11.2 Å². The Bertz CT molecular complexity index is 359. The number of benzene rings is 1. The predicted molar refractivity (Wildman–Crippen MR) is 74.7 cm³/mol. The Hall–Kier alpha value is -0.410. The maximum absolute atomic E-state index is 13.0. The zero-order chi connectivity index (χ0) is 12.9. The van der Waals surface area contributed by atoms with Gasteiger partial charge in [-0.05, 0) is 43.0 Å². The lowest BCUT2D eigenvalue weighted by Gasteiger charge is -2.29. The summed E-state index contributed by atoms with van der Waals surface area (Å²) in [5.74, 6) is -0.188. The lowest BCUT2D eigenvalue weighted by Crippen LogP contribution is -2.31. The van der Waals surface area contributed by atoms with Crippen LogP contribution in [0.2, 0.25) is 0 Å². The van der Waals surface area contributed by atoms with Gasteiger partial charge in [0.25, 0.3) is 0 Å². The average molecular weight is 302 g/mol. The molecule has 1 aromatic carbocycles. The number of hydrogen-bond acceptors (Lipinski definition) is 1. The van der Waals surface area contributed by atoms with Crippen LogP contribution in [0.4, 0.5) is 4.39 Å². The molecule has 0 aliphatic carbocycles. The van der Waals surface area contributed by atoms with Crippen LogP contribution in [0.15, 0.2) is 22.7 Å². The Balaban J connectivity index is 2.85. The minimum Gasteiger partial charge on any atom is -0.319 e. The Morgan fingerprint density at radius 3 is 2.65 bits per heavy atom. The first kappa shape index (κ1) is 14.7. The molecule has 0 aliphatic heterocycles. The van der Waals surface area contributed by atoms with E-state index in [-0.39, 0.29) is 11.2 Å². The number of hydrogen-bond donors (Lipinski definition) is 1. The molecule has 17 heavy (non-hydrogen) atoms. The van der Waals surface area contributed by atoms with Crippen LogP contribution < -0.4 is 5.32 Å². The minimum absolute atomic E-state index is 0.188. The van der Waals surface area contributed by atoms with Gasteiger partial charge in [0.15, 0.2) is 0 Å². The van der Waals surface area contributed by atoms with E-state index >= 15 is 0 Å². The molecule has 0 aromatic heterocycles. The van der Waals surface area contributed by atoms with Crippen LogP contribution in [0.25, 0.3) is 0 Å². The van der Waals surface area contributed by atoms with Crippen LogP contribution in [0.3, 0.4) is 0 Å². The molecule has 1 nitrogen and oxygen atoms in total. The van der Waals surface area contributed by atoms with Gasteiger partial charge >= 0.3 is 0 Å². The van der Waals surface area contributed by atoms with Gasteiger partial charge in [-0.25, -0.2) is 4.39 Å². The van der Waals surface area contributed by atoms with Gasteiger partial charge in [-0.3, -0.25) is 0 Å². The SMILES string of the molecule is CCCC(C)(CNC)Cc1ccc(F)cc1Br. The summed E-state index contributed by atoms with van der Waals surface area (Å²) < 4.78 is 13.9. The molecular weight excluding hydrogens is 281 g/mol. The maximum atomic E-state index is 13.0. The summed E-state index contributed by atoms with van der Waals surface area (Å²) in [6.45, 7) is 5.46. The fraction of sp³-hybridized carbons (Fsp3) is 0.571. The smallest absolute Gasteiger partial charge is 0.124 e. The highest BCUT2D eigenvalue weighted by Crippen LogP contribution is 2.31. The zero-order valence-electron chi connectivity index (χ0n) is 10.8. The monoisotopic (exact) mass is 301 g/mol. The van der Waals surface area contributed by atoms with Crippen molar-refractivity contribution >= 4 is 15.9 Å². The highest BCUT2D eigenvalue weighted by molar-refractivity contribution is 9.10. The third-order valence-electron chi connectivity index (χ3n) is 3.09. The van der Waals surface area contributed by atoms with Crippen molar-refractivity contribution in [3.63, 3.8) is 0 Å². The second-order valence-corrected chi connectivity index (χ2v) is 5.86. The molecule has 3 heteroatoms. The summed E-state index contributed by atoms with van der Waals surface area (Å²) in [7, 11) is 1.98. The van der Waals surface area contributed by atoms with E-state index in [1.807, 2.05) is 13.1 Å². The first-order chi connectivity index (χ1) is 8.00. The molecule has 0 saturated carbocycles. The molecule has 0 radical (unpaired) electrons. The van der Waals surface area contributed by atoms with Gasteiger partial charge in [-0.2, -0.15) is 0 Å². The molecule has 0 spiro atoms. The molecule has 0 aliphatic rings. The first-order valence-electron chi connectivity index (χ1n) is 6.09. The van der Waals surface area contributed by atoms with Crippen molar-refractivity contribution in [2.75, 3.05) is 13.6 Å². The van der Waals surface area contributed by atoms with E-state index in [4.69, 9.17) is 0 Å². The summed E-state index contributed by atoms with van der Waals surface area (Å²) in [5, 5.41) is 3.25. The summed E-state index contributed by atoms with van der Waals surface area (Å²) >= 11 is 3.44. The minimum atomic E-state index is -0.188. The van der Waals surface area contributed by atoms with Gasteiger partial charge in [-0.1, -0.05) is 42.3 Å². The average Bonchev–Trinajstić information content (AvgIpc) is 2.23. The van der Waals surface area contributed by atoms with E-state index < -0.39 is 0 Å². The molecule has 0 saturated heterocycles. The van der Waals surface area contributed by atoms with E-state index in [0.717, 1.165) is 30.3 Å². The Morgan fingerprint density at radius 2 is 2.12 bits per heavy atom. The fourth-order valence-electron chi connectivity index (χ4n) is 2.39. The van der Waals surface area contributed by atoms with E-state index in [1.165, 1.54) is 11.6 Å². The molecular formula is C14H21BrFN. The van der Waals surface area contributed by atoms with Crippen molar-refractivity contribution in [1.82, 2.24) is 5.32 Å².